The number of fused-ring (bicyclic) bond motifs is 1. The van der Waals surface area contributed by atoms with Gasteiger partial charge < -0.3 is 4.90 Å². The Morgan fingerprint density at radius 3 is 2.89 bits per heavy atom. The second-order valence-electron chi connectivity index (χ2n) is 5.75. The van der Waals surface area contributed by atoms with E-state index in [4.69, 9.17) is 0 Å². The third kappa shape index (κ3) is 2.53. The number of piperidine rings is 1. The molecule has 1 aliphatic carbocycles. The van der Waals surface area contributed by atoms with E-state index in [1.165, 1.54) is 43.6 Å². The Morgan fingerprint density at radius 2 is 2.11 bits per heavy atom. The third-order valence-electron chi connectivity index (χ3n) is 4.66. The number of aryl methyl sites for hydroxylation is 1. The molecule has 0 bridgehead atoms. The number of carbonyl (C=O) groups is 1. The average molecular weight is 279 g/mol. The van der Waals surface area contributed by atoms with E-state index in [-0.39, 0.29) is 5.91 Å². The van der Waals surface area contributed by atoms with E-state index in [1.54, 1.807) is 0 Å². The lowest BCUT2D eigenvalue weighted by Crippen LogP contribution is -2.44. The summed E-state index contributed by atoms with van der Waals surface area (Å²) >= 11 is 1.25. The normalized spacial score (nSPS) is 27.1. The largest absolute Gasteiger partial charge is 0.338 e. The summed E-state index contributed by atoms with van der Waals surface area (Å²) in [4.78, 5) is 15.4. The van der Waals surface area contributed by atoms with Crippen LogP contribution in [-0.4, -0.2) is 33.5 Å². The van der Waals surface area contributed by atoms with Crippen LogP contribution in [0.2, 0.25) is 0 Å². The molecular weight excluding hydrogens is 258 g/mol. The highest BCUT2D eigenvalue weighted by Gasteiger charge is 2.34. The summed E-state index contributed by atoms with van der Waals surface area (Å²) in [6.45, 7) is 3.90. The fourth-order valence-corrected chi connectivity index (χ4v) is 4.25. The SMILES string of the molecule is CCc1nnsc1C(=O)N1CC[C@@H]2CCCC[C@@H]2C1. The van der Waals surface area contributed by atoms with E-state index in [0.717, 1.165) is 41.9 Å². The summed E-state index contributed by atoms with van der Waals surface area (Å²) in [5.41, 5.74) is 0.862. The summed E-state index contributed by atoms with van der Waals surface area (Å²) in [6, 6.07) is 0. The fraction of sp³-hybridized carbons (Fsp3) is 0.786. The summed E-state index contributed by atoms with van der Waals surface area (Å²) in [6.07, 6.45) is 7.37. The number of amides is 1. The molecule has 0 spiro atoms. The zero-order valence-electron chi connectivity index (χ0n) is 11.5. The van der Waals surface area contributed by atoms with Crippen LogP contribution in [0.4, 0.5) is 0 Å². The molecule has 0 unspecified atom stereocenters. The highest BCUT2D eigenvalue weighted by Crippen LogP contribution is 2.36. The highest BCUT2D eigenvalue weighted by atomic mass is 32.1. The van der Waals surface area contributed by atoms with Gasteiger partial charge in [0.25, 0.3) is 5.91 Å². The molecule has 104 valence electrons. The van der Waals surface area contributed by atoms with E-state index in [2.05, 4.69) is 9.59 Å². The fourth-order valence-electron chi connectivity index (χ4n) is 3.53. The molecule has 1 amide bonds. The van der Waals surface area contributed by atoms with Crippen LogP contribution in [0.3, 0.4) is 0 Å². The van der Waals surface area contributed by atoms with Crippen LogP contribution in [0.1, 0.15) is 54.4 Å². The maximum Gasteiger partial charge on any atom is 0.267 e. The van der Waals surface area contributed by atoms with E-state index in [1.807, 2.05) is 11.8 Å². The van der Waals surface area contributed by atoms with Crippen molar-refractivity contribution in [1.82, 2.24) is 14.5 Å². The Labute approximate surface area is 118 Å². The number of hydrogen-bond donors (Lipinski definition) is 0. The van der Waals surface area contributed by atoms with Gasteiger partial charge in [0.05, 0.1) is 5.69 Å². The topological polar surface area (TPSA) is 46.1 Å². The van der Waals surface area contributed by atoms with Gasteiger partial charge in [-0.05, 0) is 42.6 Å². The lowest BCUT2D eigenvalue weighted by Gasteiger charge is -2.41. The molecule has 1 aromatic heterocycles. The van der Waals surface area contributed by atoms with Crippen molar-refractivity contribution in [3.63, 3.8) is 0 Å². The van der Waals surface area contributed by atoms with Crippen LogP contribution in [0.25, 0.3) is 0 Å². The van der Waals surface area contributed by atoms with Crippen LogP contribution >= 0.6 is 11.5 Å². The monoisotopic (exact) mass is 279 g/mol. The minimum atomic E-state index is 0.163. The zero-order valence-corrected chi connectivity index (χ0v) is 12.3. The smallest absolute Gasteiger partial charge is 0.267 e. The first kappa shape index (κ1) is 13.0. The molecule has 3 rings (SSSR count). The van der Waals surface area contributed by atoms with E-state index >= 15 is 0 Å². The summed E-state index contributed by atoms with van der Waals surface area (Å²) in [5.74, 6) is 1.76. The van der Waals surface area contributed by atoms with E-state index in [9.17, 15) is 4.79 Å². The summed E-state index contributed by atoms with van der Waals surface area (Å²) in [5, 5.41) is 4.05. The number of rotatable bonds is 2. The number of carbonyl (C=O) groups excluding carboxylic acids is 1. The average Bonchev–Trinajstić information content (AvgIpc) is 2.94. The predicted molar refractivity (Wildman–Crippen MR) is 75.3 cm³/mol. The van der Waals surface area contributed by atoms with E-state index < -0.39 is 0 Å². The molecule has 0 N–H and O–H groups in total. The molecule has 19 heavy (non-hydrogen) atoms. The quantitative estimate of drug-likeness (QED) is 0.836. The molecular formula is C14H21N3OS. The first-order valence-corrected chi connectivity index (χ1v) is 8.17. The van der Waals surface area contributed by atoms with Gasteiger partial charge in [0, 0.05) is 13.1 Å². The van der Waals surface area contributed by atoms with Gasteiger partial charge in [-0.1, -0.05) is 30.7 Å². The van der Waals surface area contributed by atoms with Gasteiger partial charge in [0.15, 0.2) is 0 Å². The number of hydrogen-bond acceptors (Lipinski definition) is 4. The Hall–Kier alpha value is -0.970. The molecule has 0 radical (unpaired) electrons. The molecule has 5 heteroatoms. The van der Waals surface area contributed by atoms with Crippen LogP contribution in [0.15, 0.2) is 0 Å². The van der Waals surface area contributed by atoms with Gasteiger partial charge >= 0.3 is 0 Å². The zero-order chi connectivity index (χ0) is 13.2. The third-order valence-corrected chi connectivity index (χ3v) is 5.42. The van der Waals surface area contributed by atoms with Crippen LogP contribution < -0.4 is 0 Å². The first-order valence-electron chi connectivity index (χ1n) is 7.40. The maximum atomic E-state index is 12.6. The molecule has 1 aromatic rings. The predicted octanol–water partition coefficient (Wildman–Crippen LogP) is 2.75. The second kappa shape index (κ2) is 5.57. The van der Waals surface area contributed by atoms with Gasteiger partial charge in [-0.15, -0.1) is 5.10 Å². The van der Waals surface area contributed by atoms with Crippen molar-refractivity contribution < 1.29 is 4.79 Å². The first-order chi connectivity index (χ1) is 9.29. The standard InChI is InChI=1S/C14H21N3OS/c1-2-12-13(19-16-15-12)14(18)17-8-7-10-5-3-4-6-11(10)9-17/h10-11H,2-9H2,1H3/t10-,11+/m0/s1. The van der Waals surface area contributed by atoms with Gasteiger partial charge in [-0.3, -0.25) is 4.79 Å². The summed E-state index contributed by atoms with van der Waals surface area (Å²) < 4.78 is 3.93. The molecule has 1 saturated heterocycles. The highest BCUT2D eigenvalue weighted by molar-refractivity contribution is 7.08. The molecule has 2 aliphatic rings. The molecule has 2 heterocycles. The molecule has 4 nitrogen and oxygen atoms in total. The van der Waals surface area contributed by atoms with Crippen molar-refractivity contribution in [3.8, 4) is 0 Å². The van der Waals surface area contributed by atoms with Crippen molar-refractivity contribution in [2.45, 2.75) is 45.4 Å². The van der Waals surface area contributed by atoms with Gasteiger partial charge in [0.2, 0.25) is 0 Å². The molecule has 1 aliphatic heterocycles. The van der Waals surface area contributed by atoms with Crippen molar-refractivity contribution in [2.75, 3.05) is 13.1 Å². The minimum absolute atomic E-state index is 0.163. The Bertz CT molecular complexity index is 459. The summed E-state index contributed by atoms with van der Waals surface area (Å²) in [7, 11) is 0. The van der Waals surface area contributed by atoms with Crippen LogP contribution in [-0.2, 0) is 6.42 Å². The number of aromatic nitrogens is 2. The lowest BCUT2D eigenvalue weighted by molar-refractivity contribution is 0.0524. The minimum Gasteiger partial charge on any atom is -0.338 e. The molecule has 2 fully saturated rings. The molecule has 2 atom stereocenters. The van der Waals surface area contributed by atoms with E-state index in [0.29, 0.717) is 0 Å². The van der Waals surface area contributed by atoms with Gasteiger partial charge in [-0.25, -0.2) is 0 Å². The number of nitrogens with zero attached hydrogens (tertiary/aromatic N) is 3. The molecule has 0 aromatic carbocycles. The Kier molecular flexibility index (Phi) is 3.82. The van der Waals surface area contributed by atoms with Crippen molar-refractivity contribution in [1.29, 1.82) is 0 Å². The Balaban J connectivity index is 1.71. The molecule has 1 saturated carbocycles. The van der Waals surface area contributed by atoms with Crippen LogP contribution in [0, 0.1) is 11.8 Å². The Morgan fingerprint density at radius 1 is 1.32 bits per heavy atom. The van der Waals surface area contributed by atoms with Crippen LogP contribution in [0.5, 0.6) is 0 Å². The van der Waals surface area contributed by atoms with Crippen molar-refractivity contribution in [2.24, 2.45) is 11.8 Å². The van der Waals surface area contributed by atoms with Crippen molar-refractivity contribution >= 4 is 17.4 Å². The lowest BCUT2D eigenvalue weighted by atomic mass is 9.75. The number of likely N-dealkylation sites (tertiary alicyclic amines) is 1. The second-order valence-corrected chi connectivity index (χ2v) is 6.50. The van der Waals surface area contributed by atoms with Crippen molar-refractivity contribution in [3.05, 3.63) is 10.6 Å². The van der Waals surface area contributed by atoms with Gasteiger partial charge in [0.1, 0.15) is 4.88 Å². The maximum absolute atomic E-state index is 12.6. The van der Waals surface area contributed by atoms with Gasteiger partial charge in [-0.2, -0.15) is 0 Å².